The number of rotatable bonds is 3. The number of nitrogens with zero attached hydrogens (tertiary/aromatic N) is 1. The van der Waals surface area contributed by atoms with E-state index in [2.05, 4.69) is 10.3 Å². The lowest BCUT2D eigenvalue weighted by Gasteiger charge is -2.05. The number of hydrogen-bond acceptors (Lipinski definition) is 5. The normalized spacial score (nSPS) is 10.1. The molecular weight excluding hydrogens is 250 g/mol. The Balaban J connectivity index is 2.18. The summed E-state index contributed by atoms with van der Waals surface area (Å²) >= 11 is 1.18. The van der Waals surface area contributed by atoms with E-state index in [1.54, 1.807) is 26.2 Å². The van der Waals surface area contributed by atoms with Crippen LogP contribution < -0.4 is 15.8 Å². The molecule has 0 saturated heterocycles. The Labute approximate surface area is 109 Å². The van der Waals surface area contributed by atoms with E-state index in [4.69, 9.17) is 10.5 Å². The molecule has 0 spiro atoms. The minimum Gasteiger partial charge on any atom is -0.497 e. The van der Waals surface area contributed by atoms with Crippen LogP contribution in [0.15, 0.2) is 24.3 Å². The number of thiazole rings is 1. The van der Waals surface area contributed by atoms with Crippen LogP contribution in [0.5, 0.6) is 5.75 Å². The van der Waals surface area contributed by atoms with Crippen LogP contribution >= 0.6 is 11.3 Å². The van der Waals surface area contributed by atoms with E-state index in [0.717, 1.165) is 0 Å². The van der Waals surface area contributed by atoms with Gasteiger partial charge < -0.3 is 15.8 Å². The summed E-state index contributed by atoms with van der Waals surface area (Å²) in [6.07, 6.45) is 0. The molecule has 0 aliphatic heterocycles. The van der Waals surface area contributed by atoms with Gasteiger partial charge in [0.15, 0.2) is 5.13 Å². The van der Waals surface area contributed by atoms with Crippen molar-refractivity contribution in [1.82, 2.24) is 4.98 Å². The number of nitrogens with one attached hydrogen (secondary N) is 1. The number of hydrogen-bond donors (Lipinski definition) is 2. The second-order valence-corrected chi connectivity index (χ2v) is 4.68. The summed E-state index contributed by atoms with van der Waals surface area (Å²) in [5.74, 6) is 0.475. The van der Waals surface area contributed by atoms with Crippen molar-refractivity contribution < 1.29 is 9.53 Å². The molecule has 0 radical (unpaired) electrons. The second-order valence-electron chi connectivity index (χ2n) is 3.65. The van der Waals surface area contributed by atoms with Crippen molar-refractivity contribution in [2.45, 2.75) is 6.92 Å². The van der Waals surface area contributed by atoms with Gasteiger partial charge in [-0.1, -0.05) is 17.4 Å². The molecule has 0 bridgehead atoms. The van der Waals surface area contributed by atoms with Gasteiger partial charge in [0.2, 0.25) is 0 Å². The van der Waals surface area contributed by atoms with E-state index >= 15 is 0 Å². The van der Waals surface area contributed by atoms with Crippen molar-refractivity contribution in [3.63, 3.8) is 0 Å². The van der Waals surface area contributed by atoms with E-state index < -0.39 is 0 Å². The molecule has 1 aromatic carbocycles. The molecule has 0 saturated carbocycles. The number of anilines is 2. The molecule has 5 nitrogen and oxygen atoms in total. The first kappa shape index (κ1) is 12.4. The van der Waals surface area contributed by atoms with Gasteiger partial charge in [-0.15, -0.1) is 0 Å². The van der Waals surface area contributed by atoms with Crippen LogP contribution in [0.1, 0.15) is 15.4 Å². The molecule has 0 aliphatic carbocycles. The van der Waals surface area contributed by atoms with Gasteiger partial charge in [0.05, 0.1) is 12.8 Å². The fourth-order valence-electron chi connectivity index (χ4n) is 1.52. The van der Waals surface area contributed by atoms with Crippen molar-refractivity contribution in [1.29, 1.82) is 0 Å². The van der Waals surface area contributed by atoms with Gasteiger partial charge in [-0.25, -0.2) is 4.98 Å². The fourth-order valence-corrected chi connectivity index (χ4v) is 2.25. The summed E-state index contributed by atoms with van der Waals surface area (Å²) in [4.78, 5) is 16.6. The molecule has 6 heteroatoms. The van der Waals surface area contributed by atoms with Crippen molar-refractivity contribution in [3.8, 4) is 5.75 Å². The van der Waals surface area contributed by atoms with Crippen LogP contribution in [-0.4, -0.2) is 18.0 Å². The number of nitrogens with two attached hydrogens (primary N) is 1. The maximum absolute atomic E-state index is 12.0. The highest BCUT2D eigenvalue weighted by atomic mass is 32.1. The number of aryl methyl sites for hydroxylation is 1. The largest absolute Gasteiger partial charge is 0.497 e. The van der Waals surface area contributed by atoms with Crippen LogP contribution in [0, 0.1) is 6.92 Å². The Bertz CT molecular complexity index is 580. The summed E-state index contributed by atoms with van der Waals surface area (Å²) in [7, 11) is 1.58. The zero-order valence-corrected chi connectivity index (χ0v) is 10.9. The molecule has 0 unspecified atom stereocenters. The fraction of sp³-hybridized carbons (Fsp3) is 0.167. The van der Waals surface area contributed by atoms with Gasteiger partial charge in [0, 0.05) is 11.8 Å². The number of nitrogen functional groups attached to an aromatic ring is 1. The quantitative estimate of drug-likeness (QED) is 0.890. The molecule has 1 aromatic heterocycles. The molecule has 0 aliphatic rings. The third-order valence-corrected chi connectivity index (χ3v) is 3.33. The number of methoxy groups -OCH3 is 1. The maximum atomic E-state index is 12.0. The highest BCUT2D eigenvalue weighted by Gasteiger charge is 2.14. The standard InChI is InChI=1S/C12H13N3O2S/c1-7-10(18-12(13)14-7)11(16)15-8-4-3-5-9(6-8)17-2/h3-6H,1-2H3,(H2,13,14)(H,15,16). The van der Waals surface area contributed by atoms with Crippen molar-refractivity contribution >= 4 is 28.1 Å². The highest BCUT2D eigenvalue weighted by Crippen LogP contribution is 2.22. The Morgan fingerprint density at radius 2 is 2.28 bits per heavy atom. The minimum atomic E-state index is -0.213. The van der Waals surface area contributed by atoms with Gasteiger partial charge in [0.25, 0.3) is 5.91 Å². The second kappa shape index (κ2) is 5.05. The molecule has 3 N–H and O–H groups in total. The third-order valence-electron chi connectivity index (χ3n) is 2.35. The highest BCUT2D eigenvalue weighted by molar-refractivity contribution is 7.17. The van der Waals surface area contributed by atoms with Crippen LogP contribution in [-0.2, 0) is 0 Å². The van der Waals surface area contributed by atoms with Gasteiger partial charge in [0.1, 0.15) is 10.6 Å². The maximum Gasteiger partial charge on any atom is 0.267 e. The van der Waals surface area contributed by atoms with Crippen LogP contribution in [0.2, 0.25) is 0 Å². The molecule has 18 heavy (non-hydrogen) atoms. The average Bonchev–Trinajstić information content (AvgIpc) is 2.69. The smallest absolute Gasteiger partial charge is 0.267 e. The average molecular weight is 263 g/mol. The molecule has 0 atom stereocenters. The van der Waals surface area contributed by atoms with Gasteiger partial charge in [-0.3, -0.25) is 4.79 Å². The predicted molar refractivity (Wildman–Crippen MR) is 72.2 cm³/mol. The van der Waals surface area contributed by atoms with E-state index in [1.807, 2.05) is 12.1 Å². The van der Waals surface area contributed by atoms with E-state index in [0.29, 0.717) is 27.1 Å². The summed E-state index contributed by atoms with van der Waals surface area (Å²) < 4.78 is 5.09. The van der Waals surface area contributed by atoms with Crippen molar-refractivity contribution in [2.75, 3.05) is 18.2 Å². The van der Waals surface area contributed by atoms with E-state index in [-0.39, 0.29) is 5.91 Å². The van der Waals surface area contributed by atoms with Crippen LogP contribution in [0.3, 0.4) is 0 Å². The minimum absolute atomic E-state index is 0.213. The number of carbonyl (C=O) groups is 1. The number of ether oxygens (including phenoxy) is 1. The topological polar surface area (TPSA) is 77.2 Å². The molecule has 1 amide bonds. The van der Waals surface area contributed by atoms with Gasteiger partial charge in [-0.2, -0.15) is 0 Å². The first-order valence-corrected chi connectivity index (χ1v) is 6.10. The summed E-state index contributed by atoms with van der Waals surface area (Å²) in [6, 6.07) is 7.16. The summed E-state index contributed by atoms with van der Waals surface area (Å²) in [5, 5.41) is 3.17. The lowest BCUT2D eigenvalue weighted by atomic mass is 10.3. The zero-order valence-electron chi connectivity index (χ0n) is 10.1. The lowest BCUT2D eigenvalue weighted by molar-refractivity contribution is 0.103. The number of aromatic nitrogens is 1. The molecule has 2 aromatic rings. The number of carbonyl (C=O) groups excluding carboxylic acids is 1. The van der Waals surface area contributed by atoms with E-state index in [9.17, 15) is 4.79 Å². The van der Waals surface area contributed by atoms with E-state index in [1.165, 1.54) is 11.3 Å². The molecule has 94 valence electrons. The monoisotopic (exact) mass is 263 g/mol. The Hall–Kier alpha value is -2.08. The third kappa shape index (κ3) is 2.60. The van der Waals surface area contributed by atoms with Gasteiger partial charge in [-0.05, 0) is 19.1 Å². The SMILES string of the molecule is COc1cccc(NC(=O)c2sc(N)nc2C)c1. The van der Waals surface area contributed by atoms with Crippen molar-refractivity contribution in [2.24, 2.45) is 0 Å². The molecule has 0 fully saturated rings. The summed E-state index contributed by atoms with van der Waals surface area (Å²) in [6.45, 7) is 1.76. The Kier molecular flexibility index (Phi) is 3.47. The Morgan fingerprint density at radius 1 is 1.50 bits per heavy atom. The number of amides is 1. The Morgan fingerprint density at radius 3 is 2.89 bits per heavy atom. The van der Waals surface area contributed by atoms with Gasteiger partial charge >= 0.3 is 0 Å². The lowest BCUT2D eigenvalue weighted by Crippen LogP contribution is -2.11. The molecule has 1 heterocycles. The molecular formula is C12H13N3O2S. The molecule has 2 rings (SSSR count). The van der Waals surface area contributed by atoms with Crippen LogP contribution in [0.25, 0.3) is 0 Å². The summed E-state index contributed by atoms with van der Waals surface area (Å²) in [5.41, 5.74) is 6.87. The first-order valence-electron chi connectivity index (χ1n) is 5.28. The van der Waals surface area contributed by atoms with Crippen LogP contribution in [0.4, 0.5) is 10.8 Å². The number of benzene rings is 1. The van der Waals surface area contributed by atoms with Crippen molar-refractivity contribution in [3.05, 3.63) is 34.8 Å². The predicted octanol–water partition coefficient (Wildman–Crippen LogP) is 2.29. The first-order chi connectivity index (χ1) is 8.60. The zero-order chi connectivity index (χ0) is 13.1.